The van der Waals surface area contributed by atoms with Gasteiger partial charge in [-0.15, -0.1) is 0 Å². The van der Waals surface area contributed by atoms with E-state index in [4.69, 9.17) is 4.74 Å². The molecule has 0 radical (unpaired) electrons. The Labute approximate surface area is 113 Å². The van der Waals surface area contributed by atoms with E-state index in [0.717, 1.165) is 0 Å². The third-order valence-corrected chi connectivity index (χ3v) is 2.42. The van der Waals surface area contributed by atoms with Gasteiger partial charge < -0.3 is 20.3 Å². The van der Waals surface area contributed by atoms with Gasteiger partial charge in [0.05, 0.1) is 12.6 Å². The van der Waals surface area contributed by atoms with Gasteiger partial charge in [-0.05, 0) is 26.3 Å². The minimum Gasteiger partial charge on any atom is -0.444 e. The van der Waals surface area contributed by atoms with Gasteiger partial charge in [0.2, 0.25) is 0 Å². The van der Waals surface area contributed by atoms with Crippen molar-refractivity contribution < 1.29 is 19.7 Å². The molecule has 0 aliphatic rings. The normalized spacial score (nSPS) is 14.6. The third-order valence-electron chi connectivity index (χ3n) is 2.42. The van der Waals surface area contributed by atoms with Crippen molar-refractivity contribution in [1.29, 1.82) is 0 Å². The number of carbonyl (C=O) groups excluding carboxylic acids is 1. The molecule has 2 atom stereocenters. The van der Waals surface area contributed by atoms with Gasteiger partial charge in [-0.3, -0.25) is 0 Å². The Bertz CT molecular complexity index is 400. The highest BCUT2D eigenvalue weighted by atomic mass is 16.6. The lowest BCUT2D eigenvalue weighted by atomic mass is 10.0. The number of aliphatic hydroxyl groups is 2. The smallest absolute Gasteiger partial charge is 0.408 e. The summed E-state index contributed by atoms with van der Waals surface area (Å²) < 4.78 is 5.08. The molecule has 0 aliphatic carbocycles. The average Bonchev–Trinajstić information content (AvgIpc) is 2.34. The second kappa shape index (κ2) is 6.54. The molecular weight excluding hydrogens is 246 g/mol. The van der Waals surface area contributed by atoms with Crippen LogP contribution in [0.5, 0.6) is 0 Å². The van der Waals surface area contributed by atoms with Gasteiger partial charge in [-0.2, -0.15) is 0 Å². The number of ether oxygens (including phenoxy) is 1. The van der Waals surface area contributed by atoms with Crippen molar-refractivity contribution in [3.63, 3.8) is 0 Å². The van der Waals surface area contributed by atoms with E-state index in [-0.39, 0.29) is 6.61 Å². The molecule has 0 bridgehead atoms. The summed E-state index contributed by atoms with van der Waals surface area (Å²) in [5.74, 6) is 0. The lowest BCUT2D eigenvalue weighted by Gasteiger charge is -2.25. The van der Waals surface area contributed by atoms with Crippen LogP contribution in [0.15, 0.2) is 30.3 Å². The van der Waals surface area contributed by atoms with Crippen LogP contribution in [0.25, 0.3) is 0 Å². The average molecular weight is 267 g/mol. The molecule has 1 amide bonds. The van der Waals surface area contributed by atoms with Gasteiger partial charge in [0.25, 0.3) is 0 Å². The van der Waals surface area contributed by atoms with Crippen molar-refractivity contribution in [2.45, 2.75) is 38.5 Å². The summed E-state index contributed by atoms with van der Waals surface area (Å²) in [4.78, 5) is 11.6. The summed E-state index contributed by atoms with van der Waals surface area (Å²) in [7, 11) is 0. The molecule has 0 aliphatic heterocycles. The van der Waals surface area contributed by atoms with E-state index in [1.54, 1.807) is 45.0 Å². The van der Waals surface area contributed by atoms with Crippen LogP contribution >= 0.6 is 0 Å². The SMILES string of the molecule is CC(C)(C)OC(=O)N[C@H](CO)[C@H](O)c1ccccc1. The van der Waals surface area contributed by atoms with Crippen molar-refractivity contribution in [1.82, 2.24) is 5.32 Å². The molecule has 19 heavy (non-hydrogen) atoms. The van der Waals surface area contributed by atoms with Crippen LogP contribution in [0.3, 0.4) is 0 Å². The van der Waals surface area contributed by atoms with Gasteiger partial charge in [0.1, 0.15) is 11.7 Å². The number of aliphatic hydroxyl groups excluding tert-OH is 2. The second-order valence-corrected chi connectivity index (χ2v) is 5.29. The maximum absolute atomic E-state index is 11.6. The number of hydrogen-bond acceptors (Lipinski definition) is 4. The highest BCUT2D eigenvalue weighted by Crippen LogP contribution is 2.17. The highest BCUT2D eigenvalue weighted by Gasteiger charge is 2.24. The largest absolute Gasteiger partial charge is 0.444 e. The van der Waals surface area contributed by atoms with Gasteiger partial charge in [0, 0.05) is 0 Å². The van der Waals surface area contributed by atoms with Crippen LogP contribution in [-0.4, -0.2) is 34.6 Å². The Kier molecular flexibility index (Phi) is 5.32. The molecule has 1 aromatic carbocycles. The maximum atomic E-state index is 11.6. The molecule has 5 nitrogen and oxygen atoms in total. The van der Waals surface area contributed by atoms with Crippen LogP contribution in [0.4, 0.5) is 4.79 Å². The Morgan fingerprint density at radius 2 is 1.89 bits per heavy atom. The first-order valence-corrected chi connectivity index (χ1v) is 6.17. The highest BCUT2D eigenvalue weighted by molar-refractivity contribution is 5.68. The van der Waals surface area contributed by atoms with Gasteiger partial charge >= 0.3 is 6.09 Å². The lowest BCUT2D eigenvalue weighted by molar-refractivity contribution is 0.0350. The molecule has 5 heteroatoms. The summed E-state index contributed by atoms with van der Waals surface area (Å²) in [5, 5.41) is 21.8. The van der Waals surface area contributed by atoms with Gasteiger partial charge in [-0.25, -0.2) is 4.79 Å². The molecule has 1 aromatic rings. The zero-order chi connectivity index (χ0) is 14.5. The van der Waals surface area contributed by atoms with Crippen molar-refractivity contribution in [2.75, 3.05) is 6.61 Å². The van der Waals surface area contributed by atoms with Crippen molar-refractivity contribution in [3.05, 3.63) is 35.9 Å². The standard InChI is InChI=1S/C14H21NO4/c1-14(2,3)19-13(18)15-11(9-16)12(17)10-7-5-4-6-8-10/h4-8,11-12,16-17H,9H2,1-3H3,(H,15,18)/t11-,12-/m1/s1. The Balaban J connectivity index is 2.66. The summed E-state index contributed by atoms with van der Waals surface area (Å²) in [6.45, 7) is 4.85. The van der Waals surface area contributed by atoms with Crippen LogP contribution < -0.4 is 5.32 Å². The first-order chi connectivity index (χ1) is 8.83. The number of benzene rings is 1. The number of carbonyl (C=O) groups is 1. The summed E-state index contributed by atoms with van der Waals surface area (Å²) in [5.41, 5.74) is -0.000440. The molecule has 3 N–H and O–H groups in total. The van der Waals surface area contributed by atoms with E-state index in [1.165, 1.54) is 0 Å². The monoisotopic (exact) mass is 267 g/mol. The van der Waals surface area contributed by atoms with Crippen molar-refractivity contribution in [3.8, 4) is 0 Å². The number of amides is 1. The van der Waals surface area contributed by atoms with E-state index in [1.807, 2.05) is 6.07 Å². The van der Waals surface area contributed by atoms with E-state index in [2.05, 4.69) is 5.32 Å². The molecule has 1 rings (SSSR count). The topological polar surface area (TPSA) is 78.8 Å². The Morgan fingerprint density at radius 1 is 1.32 bits per heavy atom. The van der Waals surface area contributed by atoms with E-state index in [9.17, 15) is 15.0 Å². The molecule has 0 spiro atoms. The Hall–Kier alpha value is -1.59. The zero-order valence-electron chi connectivity index (χ0n) is 11.5. The van der Waals surface area contributed by atoms with E-state index >= 15 is 0 Å². The van der Waals surface area contributed by atoms with Crippen LogP contribution in [0.2, 0.25) is 0 Å². The van der Waals surface area contributed by atoms with Crippen LogP contribution in [-0.2, 0) is 4.74 Å². The number of alkyl carbamates (subject to hydrolysis) is 1. The molecule has 0 saturated carbocycles. The number of rotatable bonds is 4. The summed E-state index contributed by atoms with van der Waals surface area (Å²) >= 11 is 0. The molecule has 0 unspecified atom stereocenters. The molecule has 0 saturated heterocycles. The van der Waals surface area contributed by atoms with E-state index < -0.39 is 23.8 Å². The zero-order valence-corrected chi connectivity index (χ0v) is 11.5. The summed E-state index contributed by atoms with van der Waals surface area (Å²) in [6, 6.07) is 8.03. The van der Waals surface area contributed by atoms with Gasteiger partial charge in [0.15, 0.2) is 0 Å². The second-order valence-electron chi connectivity index (χ2n) is 5.29. The molecule has 0 fully saturated rings. The minimum absolute atomic E-state index is 0.380. The fraction of sp³-hybridized carbons (Fsp3) is 0.500. The molecule has 0 heterocycles. The van der Waals surface area contributed by atoms with Crippen LogP contribution in [0.1, 0.15) is 32.4 Å². The summed E-state index contributed by atoms with van der Waals surface area (Å²) in [6.07, 6.45) is -1.65. The predicted molar refractivity (Wildman–Crippen MR) is 71.6 cm³/mol. The minimum atomic E-state index is -0.987. The maximum Gasteiger partial charge on any atom is 0.408 e. The lowest BCUT2D eigenvalue weighted by Crippen LogP contribution is -2.44. The first-order valence-electron chi connectivity index (χ1n) is 6.17. The fourth-order valence-corrected chi connectivity index (χ4v) is 1.57. The van der Waals surface area contributed by atoms with Crippen molar-refractivity contribution in [2.24, 2.45) is 0 Å². The first kappa shape index (κ1) is 15.5. The third kappa shape index (κ3) is 5.28. The van der Waals surface area contributed by atoms with E-state index in [0.29, 0.717) is 5.56 Å². The fourth-order valence-electron chi connectivity index (χ4n) is 1.57. The van der Waals surface area contributed by atoms with Gasteiger partial charge in [-0.1, -0.05) is 30.3 Å². The molecule has 0 aromatic heterocycles. The number of nitrogens with one attached hydrogen (secondary N) is 1. The number of hydrogen-bond donors (Lipinski definition) is 3. The quantitative estimate of drug-likeness (QED) is 0.774. The van der Waals surface area contributed by atoms with Crippen molar-refractivity contribution >= 4 is 6.09 Å². The predicted octanol–water partition coefficient (Wildman–Crippen LogP) is 1.61. The van der Waals surface area contributed by atoms with Crippen LogP contribution in [0, 0.1) is 0 Å². The molecular formula is C14H21NO4. The Morgan fingerprint density at radius 3 is 2.37 bits per heavy atom. The molecule has 106 valence electrons.